The van der Waals surface area contributed by atoms with Crippen molar-refractivity contribution in [2.75, 3.05) is 31.1 Å². The maximum atomic E-state index is 15.3. The van der Waals surface area contributed by atoms with Gasteiger partial charge in [-0.1, -0.05) is 42.8 Å². The molecular weight excluding hydrogens is 453 g/mol. The van der Waals surface area contributed by atoms with Crippen molar-refractivity contribution >= 4 is 21.6 Å². The highest BCUT2D eigenvalue weighted by molar-refractivity contribution is 7.89. The lowest BCUT2D eigenvalue weighted by Crippen LogP contribution is -2.49. The molecular formula is C26H32FN3O3S. The summed E-state index contributed by atoms with van der Waals surface area (Å²) in [6.45, 7) is 4.18. The number of fused-ring (bicyclic) bond motifs is 1. The zero-order valence-corrected chi connectivity index (χ0v) is 20.4. The van der Waals surface area contributed by atoms with Gasteiger partial charge < -0.3 is 9.80 Å². The predicted molar refractivity (Wildman–Crippen MR) is 130 cm³/mol. The Kier molecular flexibility index (Phi) is 6.37. The van der Waals surface area contributed by atoms with E-state index in [4.69, 9.17) is 0 Å². The Hall–Kier alpha value is -2.45. The average Bonchev–Trinajstić information content (AvgIpc) is 3.30. The number of sulfonamides is 1. The van der Waals surface area contributed by atoms with E-state index in [0.29, 0.717) is 44.1 Å². The molecule has 0 aromatic heterocycles. The molecule has 34 heavy (non-hydrogen) atoms. The van der Waals surface area contributed by atoms with Gasteiger partial charge in [0.05, 0.1) is 0 Å². The molecule has 2 aromatic rings. The molecule has 2 saturated heterocycles. The second-order valence-corrected chi connectivity index (χ2v) is 11.8. The van der Waals surface area contributed by atoms with Crippen molar-refractivity contribution < 1.29 is 17.6 Å². The van der Waals surface area contributed by atoms with Crippen LogP contribution in [0.25, 0.3) is 0 Å². The van der Waals surface area contributed by atoms with Gasteiger partial charge in [-0.25, -0.2) is 12.8 Å². The summed E-state index contributed by atoms with van der Waals surface area (Å²) in [7, 11) is -3.61. The molecule has 3 fully saturated rings. The summed E-state index contributed by atoms with van der Waals surface area (Å²) in [6, 6.07) is 14.5. The fraction of sp³-hybridized carbons (Fsp3) is 0.500. The summed E-state index contributed by atoms with van der Waals surface area (Å²) < 4.78 is 44.3. The number of halogens is 1. The van der Waals surface area contributed by atoms with Gasteiger partial charge in [-0.2, -0.15) is 4.31 Å². The van der Waals surface area contributed by atoms with E-state index in [1.165, 1.54) is 6.07 Å². The summed E-state index contributed by atoms with van der Waals surface area (Å²) in [5.41, 5.74) is 2.00. The number of carbonyl (C=O) groups excluding carboxylic acids is 1. The van der Waals surface area contributed by atoms with Crippen LogP contribution in [0.1, 0.15) is 49.0 Å². The van der Waals surface area contributed by atoms with E-state index in [1.54, 1.807) is 22.2 Å². The third-order valence-electron chi connectivity index (χ3n) is 7.82. The van der Waals surface area contributed by atoms with Gasteiger partial charge in [-0.05, 0) is 42.9 Å². The third kappa shape index (κ3) is 4.33. The molecule has 3 aliphatic rings. The highest BCUT2D eigenvalue weighted by Gasteiger charge is 2.48. The molecule has 1 aliphatic carbocycles. The molecule has 182 valence electrons. The minimum atomic E-state index is -3.61. The quantitative estimate of drug-likeness (QED) is 0.658. The number of nitrogens with zero attached hydrogens (tertiary/aromatic N) is 3. The first-order chi connectivity index (χ1) is 16.3. The van der Waals surface area contributed by atoms with E-state index in [1.807, 2.05) is 36.4 Å². The Bertz CT molecular complexity index is 1150. The molecule has 2 heterocycles. The van der Waals surface area contributed by atoms with Crippen molar-refractivity contribution in [2.24, 2.45) is 5.92 Å². The lowest BCUT2D eigenvalue weighted by Gasteiger charge is -2.41. The van der Waals surface area contributed by atoms with Gasteiger partial charge in [0.15, 0.2) is 0 Å². The Labute approximate surface area is 201 Å². The van der Waals surface area contributed by atoms with Crippen LogP contribution < -0.4 is 4.90 Å². The van der Waals surface area contributed by atoms with Gasteiger partial charge in [0, 0.05) is 56.9 Å². The fourth-order valence-electron chi connectivity index (χ4n) is 5.91. The molecule has 3 atom stereocenters. The molecule has 0 spiro atoms. The Morgan fingerprint density at radius 1 is 1.03 bits per heavy atom. The van der Waals surface area contributed by atoms with E-state index in [0.717, 1.165) is 30.5 Å². The van der Waals surface area contributed by atoms with E-state index in [2.05, 4.69) is 4.90 Å². The number of hydrogen-bond donors (Lipinski definition) is 0. The summed E-state index contributed by atoms with van der Waals surface area (Å²) >= 11 is 0. The highest BCUT2D eigenvalue weighted by Crippen LogP contribution is 2.47. The van der Waals surface area contributed by atoms with E-state index in [9.17, 15) is 13.2 Å². The summed E-state index contributed by atoms with van der Waals surface area (Å²) in [4.78, 5) is 15.4. The molecule has 0 radical (unpaired) electrons. The SMILES string of the molecule is CC(=O)N1CCN(c2ccc(CN3C4CCCC4CC(c4ccccc4)S3(=O)=O)c(F)c2)CC1. The fourth-order valence-corrected chi connectivity index (χ4v) is 8.20. The Morgan fingerprint density at radius 3 is 2.44 bits per heavy atom. The third-order valence-corrected chi connectivity index (χ3v) is 10.1. The number of hydrogen-bond acceptors (Lipinski definition) is 4. The van der Waals surface area contributed by atoms with Crippen molar-refractivity contribution in [2.45, 2.75) is 50.4 Å². The largest absolute Gasteiger partial charge is 0.368 e. The number of piperazine rings is 1. The van der Waals surface area contributed by atoms with Gasteiger partial charge >= 0.3 is 0 Å². The number of rotatable bonds is 4. The van der Waals surface area contributed by atoms with Gasteiger partial charge in [0.25, 0.3) is 0 Å². The molecule has 5 rings (SSSR count). The van der Waals surface area contributed by atoms with E-state index < -0.39 is 15.3 Å². The average molecular weight is 486 g/mol. The maximum absolute atomic E-state index is 15.3. The maximum Gasteiger partial charge on any atom is 0.221 e. The van der Waals surface area contributed by atoms with Crippen LogP contribution in [0, 0.1) is 11.7 Å². The molecule has 8 heteroatoms. The molecule has 1 saturated carbocycles. The van der Waals surface area contributed by atoms with Crippen LogP contribution in [-0.4, -0.2) is 55.8 Å². The van der Waals surface area contributed by atoms with Crippen molar-refractivity contribution in [1.82, 2.24) is 9.21 Å². The Balaban J connectivity index is 1.38. The van der Waals surface area contributed by atoms with Crippen molar-refractivity contribution in [3.05, 3.63) is 65.5 Å². The molecule has 0 N–H and O–H groups in total. The minimum Gasteiger partial charge on any atom is -0.368 e. The zero-order valence-electron chi connectivity index (χ0n) is 19.6. The minimum absolute atomic E-state index is 0.0521. The number of benzene rings is 2. The summed E-state index contributed by atoms with van der Waals surface area (Å²) in [5, 5.41) is -0.576. The Morgan fingerprint density at radius 2 is 1.76 bits per heavy atom. The monoisotopic (exact) mass is 485 g/mol. The summed E-state index contributed by atoms with van der Waals surface area (Å²) in [6.07, 6.45) is 3.51. The van der Waals surface area contributed by atoms with Crippen LogP contribution in [0.2, 0.25) is 0 Å². The first kappa shape index (κ1) is 23.3. The molecule has 2 aromatic carbocycles. The van der Waals surface area contributed by atoms with Crippen LogP contribution in [0.5, 0.6) is 0 Å². The van der Waals surface area contributed by atoms with Crippen LogP contribution in [0.3, 0.4) is 0 Å². The summed E-state index contributed by atoms with van der Waals surface area (Å²) in [5.74, 6) is -0.00494. The van der Waals surface area contributed by atoms with E-state index in [-0.39, 0.29) is 24.3 Å². The normalized spacial score (nSPS) is 26.9. The molecule has 0 bridgehead atoms. The van der Waals surface area contributed by atoms with Crippen LogP contribution in [0.15, 0.2) is 48.5 Å². The number of amides is 1. The number of carbonyl (C=O) groups is 1. The highest BCUT2D eigenvalue weighted by atomic mass is 32.2. The lowest BCUT2D eigenvalue weighted by atomic mass is 9.94. The number of anilines is 1. The molecule has 3 unspecified atom stereocenters. The van der Waals surface area contributed by atoms with E-state index >= 15 is 4.39 Å². The zero-order chi connectivity index (χ0) is 23.9. The molecule has 6 nitrogen and oxygen atoms in total. The molecule has 1 amide bonds. The predicted octanol–water partition coefficient (Wildman–Crippen LogP) is 3.94. The van der Waals surface area contributed by atoms with Gasteiger partial charge in [-0.3, -0.25) is 4.79 Å². The van der Waals surface area contributed by atoms with Crippen molar-refractivity contribution in [3.63, 3.8) is 0 Å². The van der Waals surface area contributed by atoms with Crippen LogP contribution in [-0.2, 0) is 21.4 Å². The second kappa shape index (κ2) is 9.30. The van der Waals surface area contributed by atoms with Crippen molar-refractivity contribution in [1.29, 1.82) is 0 Å². The second-order valence-electron chi connectivity index (χ2n) is 9.75. The first-order valence-electron chi connectivity index (χ1n) is 12.2. The topological polar surface area (TPSA) is 60.9 Å². The standard InChI is InChI=1S/C26H32FN3O3S/c1-19(31)28-12-14-29(15-13-28)23-11-10-22(24(27)17-23)18-30-25-9-5-8-21(25)16-26(34(30,32)33)20-6-3-2-4-7-20/h2-4,6-7,10-11,17,21,25-26H,5,8-9,12-16,18H2,1H3. The first-order valence-corrected chi connectivity index (χ1v) is 13.7. The van der Waals surface area contributed by atoms with Crippen molar-refractivity contribution in [3.8, 4) is 0 Å². The van der Waals surface area contributed by atoms with Gasteiger partial charge in [0.1, 0.15) is 11.1 Å². The van der Waals surface area contributed by atoms with Crippen LogP contribution in [0.4, 0.5) is 10.1 Å². The smallest absolute Gasteiger partial charge is 0.221 e. The lowest BCUT2D eigenvalue weighted by molar-refractivity contribution is -0.129. The van der Waals surface area contributed by atoms with Crippen LogP contribution >= 0.6 is 0 Å². The van der Waals surface area contributed by atoms with Gasteiger partial charge in [0.2, 0.25) is 15.9 Å². The van der Waals surface area contributed by atoms with Gasteiger partial charge in [-0.15, -0.1) is 0 Å². The molecule has 2 aliphatic heterocycles.